The van der Waals surface area contributed by atoms with Gasteiger partial charge in [0.1, 0.15) is 5.75 Å². The minimum Gasteiger partial charge on any atom is -0.492 e. The SMILES string of the molecule is CCCCOc1cc(CO)ccc1I. The quantitative estimate of drug-likeness (QED) is 0.669. The van der Waals surface area contributed by atoms with Crippen molar-refractivity contribution in [3.63, 3.8) is 0 Å². The van der Waals surface area contributed by atoms with Gasteiger partial charge in [-0.05, 0) is 46.7 Å². The van der Waals surface area contributed by atoms with E-state index in [1.165, 1.54) is 0 Å². The van der Waals surface area contributed by atoms with Gasteiger partial charge in [-0.15, -0.1) is 0 Å². The molecule has 2 nitrogen and oxygen atoms in total. The molecule has 3 heteroatoms. The van der Waals surface area contributed by atoms with Crippen LogP contribution in [0.3, 0.4) is 0 Å². The van der Waals surface area contributed by atoms with Crippen LogP contribution in [-0.2, 0) is 6.61 Å². The van der Waals surface area contributed by atoms with Crippen molar-refractivity contribution in [1.29, 1.82) is 0 Å². The summed E-state index contributed by atoms with van der Waals surface area (Å²) in [5.74, 6) is 0.880. The van der Waals surface area contributed by atoms with Gasteiger partial charge in [-0.3, -0.25) is 0 Å². The lowest BCUT2D eigenvalue weighted by molar-refractivity contribution is 0.278. The molecule has 0 aromatic heterocycles. The first-order valence-electron chi connectivity index (χ1n) is 4.80. The van der Waals surface area contributed by atoms with E-state index in [9.17, 15) is 0 Å². The number of unbranched alkanes of at least 4 members (excludes halogenated alkanes) is 1. The van der Waals surface area contributed by atoms with Crippen molar-refractivity contribution in [1.82, 2.24) is 0 Å². The molecule has 0 radical (unpaired) electrons. The van der Waals surface area contributed by atoms with Gasteiger partial charge in [0.15, 0.2) is 0 Å². The smallest absolute Gasteiger partial charge is 0.132 e. The highest BCUT2D eigenvalue weighted by Crippen LogP contribution is 2.22. The Labute approximate surface area is 98.4 Å². The minimum atomic E-state index is 0.0705. The van der Waals surface area contributed by atoms with Gasteiger partial charge >= 0.3 is 0 Å². The zero-order valence-electron chi connectivity index (χ0n) is 8.29. The van der Waals surface area contributed by atoms with E-state index < -0.39 is 0 Å². The van der Waals surface area contributed by atoms with E-state index in [1.54, 1.807) is 0 Å². The van der Waals surface area contributed by atoms with Crippen molar-refractivity contribution < 1.29 is 9.84 Å². The predicted molar refractivity (Wildman–Crippen MR) is 65.5 cm³/mol. The van der Waals surface area contributed by atoms with Gasteiger partial charge in [0, 0.05) is 0 Å². The van der Waals surface area contributed by atoms with Gasteiger partial charge in [0.25, 0.3) is 0 Å². The average molecular weight is 306 g/mol. The Morgan fingerprint density at radius 2 is 2.21 bits per heavy atom. The maximum atomic E-state index is 8.97. The number of halogens is 1. The van der Waals surface area contributed by atoms with Crippen LogP contribution in [0.15, 0.2) is 18.2 Å². The number of aliphatic hydroxyl groups excluding tert-OH is 1. The molecule has 0 bridgehead atoms. The molecular weight excluding hydrogens is 291 g/mol. The molecule has 78 valence electrons. The van der Waals surface area contributed by atoms with Crippen LogP contribution in [0.1, 0.15) is 25.3 Å². The number of rotatable bonds is 5. The first-order valence-corrected chi connectivity index (χ1v) is 5.88. The predicted octanol–water partition coefficient (Wildman–Crippen LogP) is 2.96. The Morgan fingerprint density at radius 1 is 1.43 bits per heavy atom. The molecule has 0 amide bonds. The minimum absolute atomic E-state index is 0.0705. The highest BCUT2D eigenvalue weighted by atomic mass is 127. The fourth-order valence-corrected chi connectivity index (χ4v) is 1.57. The van der Waals surface area contributed by atoms with E-state index in [0.717, 1.165) is 34.3 Å². The molecular formula is C11H15IO2. The van der Waals surface area contributed by atoms with Crippen LogP contribution in [0.4, 0.5) is 0 Å². The lowest BCUT2D eigenvalue weighted by Gasteiger charge is -2.08. The van der Waals surface area contributed by atoms with Gasteiger partial charge in [-0.2, -0.15) is 0 Å². The maximum Gasteiger partial charge on any atom is 0.132 e. The van der Waals surface area contributed by atoms with E-state index in [4.69, 9.17) is 9.84 Å². The van der Waals surface area contributed by atoms with Crippen LogP contribution < -0.4 is 4.74 Å². The molecule has 1 aromatic rings. The lowest BCUT2D eigenvalue weighted by atomic mass is 10.2. The second kappa shape index (κ2) is 6.24. The van der Waals surface area contributed by atoms with Crippen molar-refractivity contribution in [2.75, 3.05) is 6.61 Å². The fraction of sp³-hybridized carbons (Fsp3) is 0.455. The van der Waals surface area contributed by atoms with Crippen molar-refractivity contribution >= 4 is 22.6 Å². The second-order valence-electron chi connectivity index (χ2n) is 3.12. The summed E-state index contributed by atoms with van der Waals surface area (Å²) in [6.45, 7) is 2.96. The van der Waals surface area contributed by atoms with E-state index in [2.05, 4.69) is 29.5 Å². The van der Waals surface area contributed by atoms with E-state index in [0.29, 0.717) is 0 Å². The molecule has 0 aliphatic carbocycles. The first kappa shape index (κ1) is 11.8. The third kappa shape index (κ3) is 3.46. The Hall–Kier alpha value is -0.290. The van der Waals surface area contributed by atoms with Crippen LogP contribution in [0.2, 0.25) is 0 Å². The van der Waals surface area contributed by atoms with Crippen LogP contribution in [0.25, 0.3) is 0 Å². The fourth-order valence-electron chi connectivity index (χ4n) is 1.08. The molecule has 0 aliphatic rings. The Kier molecular flexibility index (Phi) is 5.25. The van der Waals surface area contributed by atoms with Crippen LogP contribution >= 0.6 is 22.6 Å². The molecule has 0 unspecified atom stereocenters. The monoisotopic (exact) mass is 306 g/mol. The highest BCUT2D eigenvalue weighted by molar-refractivity contribution is 14.1. The Balaban J connectivity index is 2.64. The molecule has 0 spiro atoms. The summed E-state index contributed by atoms with van der Waals surface area (Å²) in [6, 6.07) is 5.78. The Bertz CT molecular complexity index is 287. The average Bonchev–Trinajstić information content (AvgIpc) is 2.21. The van der Waals surface area contributed by atoms with Gasteiger partial charge in [-0.1, -0.05) is 19.4 Å². The first-order chi connectivity index (χ1) is 6.77. The molecule has 1 N–H and O–H groups in total. The largest absolute Gasteiger partial charge is 0.492 e. The number of benzene rings is 1. The number of hydrogen-bond acceptors (Lipinski definition) is 2. The van der Waals surface area contributed by atoms with Crippen molar-refractivity contribution in [2.45, 2.75) is 26.4 Å². The topological polar surface area (TPSA) is 29.5 Å². The van der Waals surface area contributed by atoms with E-state index in [-0.39, 0.29) is 6.61 Å². The molecule has 0 saturated carbocycles. The summed E-state index contributed by atoms with van der Waals surface area (Å²) in [5.41, 5.74) is 0.900. The van der Waals surface area contributed by atoms with E-state index >= 15 is 0 Å². The summed E-state index contributed by atoms with van der Waals surface area (Å²) < 4.78 is 6.69. The number of hydrogen-bond donors (Lipinski definition) is 1. The normalized spacial score (nSPS) is 10.2. The van der Waals surface area contributed by atoms with Crippen LogP contribution in [-0.4, -0.2) is 11.7 Å². The molecule has 0 fully saturated rings. The van der Waals surface area contributed by atoms with Gasteiger partial charge in [0.05, 0.1) is 16.8 Å². The molecule has 0 saturated heterocycles. The maximum absolute atomic E-state index is 8.97. The van der Waals surface area contributed by atoms with Gasteiger partial charge < -0.3 is 9.84 Å². The molecule has 14 heavy (non-hydrogen) atoms. The Morgan fingerprint density at radius 3 is 2.86 bits per heavy atom. The molecule has 0 aliphatic heterocycles. The summed E-state index contributed by atoms with van der Waals surface area (Å²) in [4.78, 5) is 0. The van der Waals surface area contributed by atoms with Crippen molar-refractivity contribution in [3.8, 4) is 5.75 Å². The zero-order chi connectivity index (χ0) is 10.4. The standard InChI is InChI=1S/C11H15IO2/c1-2-3-6-14-11-7-9(8-13)4-5-10(11)12/h4-5,7,13H,2-3,6,8H2,1H3. The second-order valence-corrected chi connectivity index (χ2v) is 4.29. The summed E-state index contributed by atoms with van der Waals surface area (Å²) in [6.07, 6.45) is 2.20. The van der Waals surface area contributed by atoms with Gasteiger partial charge in [0.2, 0.25) is 0 Å². The lowest BCUT2D eigenvalue weighted by Crippen LogP contribution is -1.99. The molecule has 1 rings (SSSR count). The molecule has 1 aromatic carbocycles. The molecule has 0 atom stereocenters. The van der Waals surface area contributed by atoms with Crippen molar-refractivity contribution in [3.05, 3.63) is 27.3 Å². The summed E-state index contributed by atoms with van der Waals surface area (Å²) in [7, 11) is 0. The van der Waals surface area contributed by atoms with Crippen LogP contribution in [0, 0.1) is 3.57 Å². The summed E-state index contributed by atoms with van der Waals surface area (Å²) >= 11 is 2.24. The summed E-state index contributed by atoms with van der Waals surface area (Å²) in [5, 5.41) is 8.97. The highest BCUT2D eigenvalue weighted by Gasteiger charge is 2.01. The molecule has 0 heterocycles. The van der Waals surface area contributed by atoms with Crippen LogP contribution in [0.5, 0.6) is 5.75 Å². The third-order valence-corrected chi connectivity index (χ3v) is 2.82. The number of aliphatic hydroxyl groups is 1. The van der Waals surface area contributed by atoms with Gasteiger partial charge in [-0.25, -0.2) is 0 Å². The van der Waals surface area contributed by atoms with E-state index in [1.807, 2.05) is 18.2 Å². The third-order valence-electron chi connectivity index (χ3n) is 1.93. The van der Waals surface area contributed by atoms with Crippen molar-refractivity contribution in [2.24, 2.45) is 0 Å². The zero-order valence-corrected chi connectivity index (χ0v) is 10.5. The number of ether oxygens (including phenoxy) is 1.